The Hall–Kier alpha value is -1.85. The quantitative estimate of drug-likeness (QED) is 0.688. The van der Waals surface area contributed by atoms with E-state index in [-0.39, 0.29) is 5.91 Å². The van der Waals surface area contributed by atoms with E-state index in [1.807, 2.05) is 47.8 Å². The minimum Gasteiger partial charge on any atom is -0.398 e. The molecule has 0 saturated carbocycles. The maximum Gasteiger partial charge on any atom is 0.253 e. The molecule has 0 saturated heterocycles. The highest BCUT2D eigenvalue weighted by atomic mass is 79.9. The van der Waals surface area contributed by atoms with Gasteiger partial charge in [-0.1, -0.05) is 24.3 Å². The average molecular weight is 361 g/mol. The summed E-state index contributed by atoms with van der Waals surface area (Å²) in [7, 11) is 0. The lowest BCUT2D eigenvalue weighted by molar-refractivity contribution is 0.0952. The first-order valence-corrected chi connectivity index (χ1v) is 8.10. The first-order valence-electron chi connectivity index (χ1n) is 6.43. The fraction of sp³-hybridized carbons (Fsp3) is 0.0625. The number of hydrogen-bond acceptors (Lipinski definition) is 3. The highest BCUT2D eigenvalue weighted by Crippen LogP contribution is 2.23. The summed E-state index contributed by atoms with van der Waals surface area (Å²) in [5, 5.41) is 6.94. The molecule has 3 nitrogen and oxygen atoms in total. The van der Waals surface area contributed by atoms with Crippen molar-refractivity contribution in [1.82, 2.24) is 5.32 Å². The van der Waals surface area contributed by atoms with Gasteiger partial charge in [-0.05, 0) is 44.9 Å². The molecular weight excluding hydrogens is 348 g/mol. The lowest BCUT2D eigenvalue weighted by atomic mass is 10.0. The normalized spacial score (nSPS) is 10.7. The highest BCUT2D eigenvalue weighted by molar-refractivity contribution is 9.10. The number of benzene rings is 2. The first kappa shape index (κ1) is 14.1. The van der Waals surface area contributed by atoms with E-state index in [1.165, 1.54) is 0 Å². The van der Waals surface area contributed by atoms with Crippen LogP contribution in [0, 0.1) is 0 Å². The molecule has 3 N–H and O–H groups in total. The van der Waals surface area contributed by atoms with E-state index in [9.17, 15) is 4.79 Å². The largest absolute Gasteiger partial charge is 0.398 e. The van der Waals surface area contributed by atoms with Crippen molar-refractivity contribution in [2.45, 2.75) is 6.54 Å². The zero-order chi connectivity index (χ0) is 14.8. The van der Waals surface area contributed by atoms with Gasteiger partial charge in [-0.25, -0.2) is 0 Å². The maximum absolute atomic E-state index is 12.3. The number of nitrogens with two attached hydrogens (primary N) is 1. The van der Waals surface area contributed by atoms with Crippen molar-refractivity contribution in [2.24, 2.45) is 0 Å². The molecule has 106 valence electrons. The summed E-state index contributed by atoms with van der Waals surface area (Å²) in [6.45, 7) is 0.501. The van der Waals surface area contributed by atoms with Crippen LogP contribution in [0.1, 0.15) is 15.2 Å². The zero-order valence-corrected chi connectivity index (χ0v) is 13.5. The number of carbonyl (C=O) groups is 1. The molecule has 0 aliphatic heterocycles. The molecule has 5 heteroatoms. The van der Waals surface area contributed by atoms with Crippen molar-refractivity contribution in [1.29, 1.82) is 0 Å². The van der Waals surface area contributed by atoms with E-state index < -0.39 is 0 Å². The van der Waals surface area contributed by atoms with E-state index >= 15 is 0 Å². The SMILES string of the molecule is Nc1cc2ccccc2cc1C(=O)NCc1cc(Br)cs1. The van der Waals surface area contributed by atoms with Gasteiger partial charge in [0, 0.05) is 20.4 Å². The molecule has 0 atom stereocenters. The van der Waals surface area contributed by atoms with Crippen molar-refractivity contribution in [3.63, 3.8) is 0 Å². The third kappa shape index (κ3) is 3.09. The molecule has 0 fully saturated rings. The number of hydrogen-bond donors (Lipinski definition) is 2. The molecule has 1 amide bonds. The number of carbonyl (C=O) groups excluding carboxylic acids is 1. The van der Waals surface area contributed by atoms with E-state index in [0.717, 1.165) is 20.1 Å². The van der Waals surface area contributed by atoms with Gasteiger partial charge < -0.3 is 11.1 Å². The second-order valence-electron chi connectivity index (χ2n) is 4.70. The number of thiophene rings is 1. The zero-order valence-electron chi connectivity index (χ0n) is 11.1. The molecule has 21 heavy (non-hydrogen) atoms. The van der Waals surface area contributed by atoms with Crippen LogP contribution in [0.15, 0.2) is 52.3 Å². The van der Waals surface area contributed by atoms with Crippen LogP contribution in [-0.4, -0.2) is 5.91 Å². The van der Waals surface area contributed by atoms with E-state index in [4.69, 9.17) is 5.73 Å². The molecule has 0 unspecified atom stereocenters. The fourth-order valence-corrected chi connectivity index (χ4v) is 3.55. The van der Waals surface area contributed by atoms with Gasteiger partial charge in [-0.15, -0.1) is 11.3 Å². The number of fused-ring (bicyclic) bond motifs is 1. The van der Waals surface area contributed by atoms with Gasteiger partial charge in [0.2, 0.25) is 0 Å². The van der Waals surface area contributed by atoms with Gasteiger partial charge in [0.1, 0.15) is 0 Å². The van der Waals surface area contributed by atoms with Gasteiger partial charge in [-0.2, -0.15) is 0 Å². The standard InChI is InChI=1S/C16H13BrN2OS/c17-12-7-13(21-9-12)8-19-16(20)14-5-10-3-1-2-4-11(10)6-15(14)18/h1-7,9H,8,18H2,(H,19,20). The van der Waals surface area contributed by atoms with Crippen molar-refractivity contribution in [3.05, 3.63) is 62.8 Å². The number of halogens is 1. The molecule has 0 aliphatic rings. The topological polar surface area (TPSA) is 55.1 Å². The van der Waals surface area contributed by atoms with Crippen LogP contribution in [0.5, 0.6) is 0 Å². The summed E-state index contributed by atoms with van der Waals surface area (Å²) in [6.07, 6.45) is 0. The van der Waals surface area contributed by atoms with Crippen LogP contribution < -0.4 is 11.1 Å². The Labute approximate surface area is 134 Å². The fourth-order valence-electron chi connectivity index (χ4n) is 2.16. The number of nitrogen functional groups attached to an aromatic ring is 1. The number of nitrogens with one attached hydrogen (secondary N) is 1. The summed E-state index contributed by atoms with van der Waals surface area (Å²) in [5.74, 6) is -0.150. The second kappa shape index (κ2) is 5.87. The number of rotatable bonds is 3. The molecule has 3 aromatic rings. The van der Waals surface area contributed by atoms with E-state index in [0.29, 0.717) is 17.8 Å². The van der Waals surface area contributed by atoms with Gasteiger partial charge in [0.15, 0.2) is 0 Å². The van der Waals surface area contributed by atoms with Crippen molar-refractivity contribution in [3.8, 4) is 0 Å². The van der Waals surface area contributed by atoms with Crippen molar-refractivity contribution < 1.29 is 4.79 Å². The molecule has 0 spiro atoms. The molecule has 2 aromatic carbocycles. The van der Waals surface area contributed by atoms with Gasteiger partial charge in [0.25, 0.3) is 5.91 Å². The minimum atomic E-state index is -0.150. The Bertz CT molecular complexity index is 813. The second-order valence-corrected chi connectivity index (χ2v) is 6.61. The summed E-state index contributed by atoms with van der Waals surface area (Å²) in [6, 6.07) is 13.5. The molecule has 0 bridgehead atoms. The molecule has 3 rings (SSSR count). The molecule has 0 radical (unpaired) electrons. The monoisotopic (exact) mass is 360 g/mol. The smallest absolute Gasteiger partial charge is 0.253 e. The summed E-state index contributed by atoms with van der Waals surface area (Å²) < 4.78 is 1.03. The van der Waals surface area contributed by atoms with Gasteiger partial charge >= 0.3 is 0 Å². The third-order valence-electron chi connectivity index (χ3n) is 3.21. The number of amides is 1. The lowest BCUT2D eigenvalue weighted by Gasteiger charge is -2.08. The highest BCUT2D eigenvalue weighted by Gasteiger charge is 2.11. The maximum atomic E-state index is 12.3. The van der Waals surface area contributed by atoms with Crippen LogP contribution in [0.2, 0.25) is 0 Å². The van der Waals surface area contributed by atoms with Crippen LogP contribution >= 0.6 is 27.3 Å². The van der Waals surface area contributed by atoms with Crippen LogP contribution in [0.3, 0.4) is 0 Å². The molecule has 1 heterocycles. The summed E-state index contributed by atoms with van der Waals surface area (Å²) in [5.41, 5.74) is 7.01. The summed E-state index contributed by atoms with van der Waals surface area (Å²) in [4.78, 5) is 13.4. The van der Waals surface area contributed by atoms with Crippen LogP contribution in [0.4, 0.5) is 5.69 Å². The third-order valence-corrected chi connectivity index (χ3v) is 4.91. The Morgan fingerprint density at radius 3 is 2.57 bits per heavy atom. The van der Waals surface area contributed by atoms with Gasteiger partial charge in [-0.3, -0.25) is 4.79 Å². The first-order chi connectivity index (χ1) is 10.1. The van der Waals surface area contributed by atoms with Crippen LogP contribution in [0.25, 0.3) is 10.8 Å². The summed E-state index contributed by atoms with van der Waals surface area (Å²) >= 11 is 5.00. The van der Waals surface area contributed by atoms with Crippen LogP contribution in [-0.2, 0) is 6.54 Å². The van der Waals surface area contributed by atoms with Crippen molar-refractivity contribution >= 4 is 49.6 Å². The van der Waals surface area contributed by atoms with Gasteiger partial charge in [0.05, 0.1) is 12.1 Å². The Morgan fingerprint density at radius 1 is 1.19 bits per heavy atom. The molecular formula is C16H13BrN2OS. The van der Waals surface area contributed by atoms with E-state index in [2.05, 4.69) is 21.2 Å². The Kier molecular flexibility index (Phi) is 3.94. The van der Waals surface area contributed by atoms with Crippen molar-refractivity contribution in [2.75, 3.05) is 5.73 Å². The minimum absolute atomic E-state index is 0.150. The molecule has 0 aliphatic carbocycles. The predicted molar refractivity (Wildman–Crippen MR) is 91.5 cm³/mol. The Morgan fingerprint density at radius 2 is 1.90 bits per heavy atom. The predicted octanol–water partition coefficient (Wildman–Crippen LogP) is 4.18. The average Bonchev–Trinajstić information content (AvgIpc) is 2.89. The molecule has 1 aromatic heterocycles. The Balaban J connectivity index is 1.82. The van der Waals surface area contributed by atoms with E-state index in [1.54, 1.807) is 11.3 Å². The number of anilines is 1. The lowest BCUT2D eigenvalue weighted by Crippen LogP contribution is -2.23.